The number of aliphatic imine (C=N–C) groups is 1. The molecule has 1 aromatic heterocycles. The zero-order chi connectivity index (χ0) is 21.8. The number of H-pyrrole nitrogens is 1. The van der Waals surface area contributed by atoms with Crippen LogP contribution in [-0.2, 0) is 0 Å². The first kappa shape index (κ1) is 20.6. The molecule has 0 saturated carbocycles. The molecule has 30 heavy (non-hydrogen) atoms. The number of hydrogen-bond donors (Lipinski definition) is 2. The SMILES string of the molecule is Cc1ccc(N=Cc2c(C(C)C)[nH]n(-c3ccc(OC#N)cc3)c2=O)c(C(=O)O)c1. The Morgan fingerprint density at radius 3 is 2.57 bits per heavy atom. The average molecular weight is 404 g/mol. The van der Waals surface area contributed by atoms with Crippen molar-refractivity contribution in [3.05, 3.63) is 75.2 Å². The van der Waals surface area contributed by atoms with E-state index in [1.807, 2.05) is 13.8 Å². The molecule has 0 fully saturated rings. The van der Waals surface area contributed by atoms with E-state index in [1.165, 1.54) is 10.9 Å². The van der Waals surface area contributed by atoms with Crippen LogP contribution in [0.25, 0.3) is 5.69 Å². The van der Waals surface area contributed by atoms with Gasteiger partial charge in [-0.3, -0.25) is 14.9 Å². The molecule has 3 rings (SSSR count). The second-order valence-corrected chi connectivity index (χ2v) is 7.01. The van der Waals surface area contributed by atoms with Crippen LogP contribution >= 0.6 is 0 Å². The molecule has 8 heteroatoms. The highest BCUT2D eigenvalue weighted by Crippen LogP contribution is 2.22. The van der Waals surface area contributed by atoms with Crippen LogP contribution in [-0.4, -0.2) is 27.1 Å². The first-order chi connectivity index (χ1) is 14.3. The van der Waals surface area contributed by atoms with Gasteiger partial charge in [0.15, 0.2) is 0 Å². The number of nitrogens with one attached hydrogen (secondary N) is 1. The Labute approximate surface area is 172 Å². The standard InChI is InChI=1S/C22H20N4O4/c1-13(2)20-18(11-24-19-9-4-14(3)10-17(19)22(28)29)21(27)26(25-20)15-5-7-16(8-6-15)30-12-23/h4-11,13,25H,1-3H3,(H,28,29). The van der Waals surface area contributed by atoms with E-state index in [-0.39, 0.29) is 22.7 Å². The number of nitriles is 1. The quantitative estimate of drug-likeness (QED) is 0.477. The van der Waals surface area contributed by atoms with Crippen LogP contribution < -0.4 is 10.3 Å². The van der Waals surface area contributed by atoms with E-state index in [2.05, 4.69) is 10.1 Å². The maximum Gasteiger partial charge on any atom is 0.337 e. The van der Waals surface area contributed by atoms with E-state index in [1.54, 1.807) is 55.6 Å². The number of nitrogens with zero attached hydrogens (tertiary/aromatic N) is 3. The van der Waals surface area contributed by atoms with Gasteiger partial charge in [-0.1, -0.05) is 25.5 Å². The third-order valence-electron chi connectivity index (χ3n) is 4.51. The van der Waals surface area contributed by atoms with Crippen LogP contribution in [0.1, 0.15) is 46.9 Å². The summed E-state index contributed by atoms with van der Waals surface area (Å²) in [5.74, 6) is -0.716. The van der Waals surface area contributed by atoms with E-state index >= 15 is 0 Å². The van der Waals surface area contributed by atoms with Gasteiger partial charge in [0.05, 0.1) is 22.5 Å². The van der Waals surface area contributed by atoms with Crippen LogP contribution in [0.15, 0.2) is 52.3 Å². The number of hydrogen-bond acceptors (Lipinski definition) is 5. The number of carbonyl (C=O) groups is 1. The van der Waals surface area contributed by atoms with Gasteiger partial charge in [-0.15, -0.1) is 5.26 Å². The lowest BCUT2D eigenvalue weighted by molar-refractivity contribution is 0.0697. The second-order valence-electron chi connectivity index (χ2n) is 7.01. The largest absolute Gasteiger partial charge is 0.478 e. The molecule has 0 bridgehead atoms. The Bertz CT molecular complexity index is 1210. The van der Waals surface area contributed by atoms with Crippen molar-refractivity contribution in [3.8, 4) is 17.7 Å². The molecule has 0 atom stereocenters. The van der Waals surface area contributed by atoms with Gasteiger partial charge >= 0.3 is 5.97 Å². The summed E-state index contributed by atoms with van der Waals surface area (Å²) in [4.78, 5) is 28.8. The number of carboxylic acid groups (broad SMARTS) is 1. The predicted molar refractivity (Wildman–Crippen MR) is 112 cm³/mol. The molecule has 8 nitrogen and oxygen atoms in total. The second kappa shape index (κ2) is 8.49. The summed E-state index contributed by atoms with van der Waals surface area (Å²) < 4.78 is 6.13. The Morgan fingerprint density at radius 2 is 1.97 bits per heavy atom. The number of benzene rings is 2. The highest BCUT2D eigenvalue weighted by atomic mass is 16.5. The number of aryl methyl sites for hydroxylation is 1. The molecular weight excluding hydrogens is 384 g/mol. The summed E-state index contributed by atoms with van der Waals surface area (Å²) in [6.45, 7) is 5.67. The van der Waals surface area contributed by atoms with Crippen molar-refractivity contribution in [1.82, 2.24) is 9.78 Å². The fourth-order valence-corrected chi connectivity index (χ4v) is 3.00. The highest BCUT2D eigenvalue weighted by Gasteiger charge is 2.17. The molecule has 2 N–H and O–H groups in total. The zero-order valence-electron chi connectivity index (χ0n) is 16.7. The van der Waals surface area contributed by atoms with Gasteiger partial charge in [0.25, 0.3) is 11.8 Å². The molecule has 0 radical (unpaired) electrons. The molecule has 0 amide bonds. The van der Waals surface area contributed by atoms with Crippen molar-refractivity contribution in [2.24, 2.45) is 4.99 Å². The topological polar surface area (TPSA) is 120 Å². The van der Waals surface area contributed by atoms with Crippen molar-refractivity contribution < 1.29 is 14.6 Å². The Balaban J connectivity index is 2.06. The van der Waals surface area contributed by atoms with Crippen molar-refractivity contribution in [2.75, 3.05) is 0 Å². The summed E-state index contributed by atoms with van der Waals surface area (Å²) in [6, 6.07) is 11.4. The molecule has 0 spiro atoms. The van der Waals surface area contributed by atoms with Gasteiger partial charge in [0.2, 0.25) is 0 Å². The van der Waals surface area contributed by atoms with Crippen molar-refractivity contribution in [1.29, 1.82) is 5.26 Å². The Kier molecular flexibility index (Phi) is 5.83. The minimum atomic E-state index is -1.08. The lowest BCUT2D eigenvalue weighted by atomic mass is 10.1. The normalized spacial score (nSPS) is 11.0. The first-order valence-corrected chi connectivity index (χ1v) is 9.21. The monoisotopic (exact) mass is 404 g/mol. The van der Waals surface area contributed by atoms with Gasteiger partial charge in [-0.2, -0.15) is 0 Å². The van der Waals surface area contributed by atoms with Crippen LogP contribution in [0.4, 0.5) is 5.69 Å². The molecule has 0 aliphatic heterocycles. The van der Waals surface area contributed by atoms with Crippen LogP contribution in [0.3, 0.4) is 0 Å². The fraction of sp³-hybridized carbons (Fsp3) is 0.182. The van der Waals surface area contributed by atoms with E-state index in [0.29, 0.717) is 22.7 Å². The lowest BCUT2D eigenvalue weighted by Crippen LogP contribution is -2.17. The van der Waals surface area contributed by atoms with E-state index in [4.69, 9.17) is 10.00 Å². The third kappa shape index (κ3) is 4.15. The average Bonchev–Trinajstić information content (AvgIpc) is 3.04. The van der Waals surface area contributed by atoms with Crippen molar-refractivity contribution >= 4 is 17.9 Å². The molecule has 152 valence electrons. The van der Waals surface area contributed by atoms with Crippen LogP contribution in [0.2, 0.25) is 0 Å². The zero-order valence-corrected chi connectivity index (χ0v) is 16.7. The van der Waals surface area contributed by atoms with Crippen molar-refractivity contribution in [3.63, 3.8) is 0 Å². The minimum absolute atomic E-state index is 0.00134. The predicted octanol–water partition coefficient (Wildman–Crippen LogP) is 3.91. The molecule has 0 saturated heterocycles. The summed E-state index contributed by atoms with van der Waals surface area (Å²) in [5.41, 5.74) is 2.41. The minimum Gasteiger partial charge on any atom is -0.478 e. The smallest absolute Gasteiger partial charge is 0.337 e. The summed E-state index contributed by atoms with van der Waals surface area (Å²) in [6.07, 6.45) is 2.99. The Morgan fingerprint density at radius 1 is 1.27 bits per heavy atom. The number of aromatic nitrogens is 2. The number of carboxylic acids is 1. The first-order valence-electron chi connectivity index (χ1n) is 9.21. The van der Waals surface area contributed by atoms with Gasteiger partial charge in [0, 0.05) is 11.9 Å². The van der Waals surface area contributed by atoms with Crippen LogP contribution in [0, 0.1) is 18.4 Å². The van der Waals surface area contributed by atoms with E-state index in [9.17, 15) is 14.7 Å². The van der Waals surface area contributed by atoms with E-state index in [0.717, 1.165) is 5.56 Å². The fourth-order valence-electron chi connectivity index (χ4n) is 3.00. The Hall–Kier alpha value is -4.12. The van der Waals surface area contributed by atoms with Gasteiger partial charge in [0.1, 0.15) is 5.75 Å². The van der Waals surface area contributed by atoms with Crippen molar-refractivity contribution in [2.45, 2.75) is 26.7 Å². The molecule has 0 aliphatic rings. The summed E-state index contributed by atoms with van der Waals surface area (Å²) in [7, 11) is 0. The van der Waals surface area contributed by atoms with Gasteiger partial charge in [-0.05, 0) is 49.2 Å². The highest BCUT2D eigenvalue weighted by molar-refractivity contribution is 5.95. The van der Waals surface area contributed by atoms with Crippen LogP contribution in [0.5, 0.6) is 5.75 Å². The molecular formula is C22H20N4O4. The summed E-state index contributed by atoms with van der Waals surface area (Å²) >= 11 is 0. The number of aromatic carboxylic acids is 1. The molecule has 1 heterocycles. The van der Waals surface area contributed by atoms with E-state index < -0.39 is 5.97 Å². The molecule has 3 aromatic rings. The lowest BCUT2D eigenvalue weighted by Gasteiger charge is -2.04. The number of aromatic amines is 1. The molecule has 0 unspecified atom stereocenters. The number of rotatable bonds is 6. The maximum atomic E-state index is 13.0. The van der Waals surface area contributed by atoms with Gasteiger partial charge < -0.3 is 9.84 Å². The molecule has 0 aliphatic carbocycles. The molecule has 2 aromatic carbocycles. The number of ether oxygens (including phenoxy) is 1. The third-order valence-corrected chi connectivity index (χ3v) is 4.51. The maximum absolute atomic E-state index is 13.0. The van der Waals surface area contributed by atoms with Gasteiger partial charge in [-0.25, -0.2) is 9.48 Å². The summed E-state index contributed by atoms with van der Waals surface area (Å²) in [5, 5.41) is 21.1.